The molecule has 0 rings (SSSR count). The fraction of sp³-hybridized carbons (Fsp3) is 0.800. The number of carbonyl (C=O) groups is 2. The highest BCUT2D eigenvalue weighted by Crippen LogP contribution is 2.17. The number of hydrogen-bond donors (Lipinski definition) is 3. The van der Waals surface area contributed by atoms with E-state index in [1.54, 1.807) is 0 Å². The van der Waals surface area contributed by atoms with Crippen LogP contribution in [0, 0.1) is 0 Å². The molecular formula is C60H109NO5. The number of amides is 1. The van der Waals surface area contributed by atoms with Gasteiger partial charge in [-0.15, -0.1) is 0 Å². The Balaban J connectivity index is 4.64. The van der Waals surface area contributed by atoms with Gasteiger partial charge in [0.25, 0.3) is 0 Å². The van der Waals surface area contributed by atoms with E-state index in [-0.39, 0.29) is 24.9 Å². The van der Waals surface area contributed by atoms with Crippen LogP contribution in [0.4, 0.5) is 0 Å². The molecule has 0 aromatic carbocycles. The summed E-state index contributed by atoms with van der Waals surface area (Å²) in [6.45, 7) is 6.45. The van der Waals surface area contributed by atoms with Gasteiger partial charge in [0.15, 0.2) is 0 Å². The monoisotopic (exact) mass is 924 g/mol. The molecule has 0 fully saturated rings. The van der Waals surface area contributed by atoms with Crippen molar-refractivity contribution in [2.45, 2.75) is 302 Å². The number of unbranched alkanes of at least 4 members (excludes halogenated alkanes) is 30. The molecule has 66 heavy (non-hydrogen) atoms. The van der Waals surface area contributed by atoms with Crippen molar-refractivity contribution < 1.29 is 24.5 Å². The minimum absolute atomic E-state index is 0.0406. The normalized spacial score (nSPS) is 13.6. The smallest absolute Gasteiger partial charge is 0.306 e. The standard InChI is InChI=1S/C60H109NO5/c1-4-7-10-13-16-19-22-25-28-31-34-37-40-43-46-49-52-58(63)57(55-62)61-59(64)54-56(51-48-45-42-39-36-33-30-27-24-21-18-15-12-9-6-3)66-60(65)53-50-47-44-41-38-35-32-29-26-23-20-17-14-11-8-5-2/h18,21,27,29-30,32,35-36,38-39,56-58,62-63H,4-17,19-20,22-26,28,31,33-34,37,40-55H2,1-3H3,(H,61,64)/b21-18-,30-27-,32-29+,38-35+,39-36-. The molecule has 384 valence electrons. The second-order valence-electron chi connectivity index (χ2n) is 19.4. The molecule has 6 nitrogen and oxygen atoms in total. The summed E-state index contributed by atoms with van der Waals surface area (Å²) in [6, 6.07) is -0.721. The first-order valence-corrected chi connectivity index (χ1v) is 28.5. The lowest BCUT2D eigenvalue weighted by atomic mass is 10.0. The molecule has 0 radical (unpaired) electrons. The zero-order valence-electron chi connectivity index (χ0n) is 43.8. The van der Waals surface area contributed by atoms with Crippen LogP contribution in [0.15, 0.2) is 60.8 Å². The summed E-state index contributed by atoms with van der Waals surface area (Å²) in [5.41, 5.74) is 0. The Bertz CT molecular complexity index is 1170. The third-order valence-corrected chi connectivity index (χ3v) is 12.8. The topological polar surface area (TPSA) is 95.9 Å². The molecule has 3 N–H and O–H groups in total. The van der Waals surface area contributed by atoms with Crippen LogP contribution in [0.2, 0.25) is 0 Å². The number of allylic oxidation sites excluding steroid dienone is 10. The van der Waals surface area contributed by atoms with Gasteiger partial charge in [0, 0.05) is 6.42 Å². The van der Waals surface area contributed by atoms with Crippen LogP contribution in [-0.2, 0) is 14.3 Å². The predicted octanol–water partition coefficient (Wildman–Crippen LogP) is 17.6. The first kappa shape index (κ1) is 63.6. The van der Waals surface area contributed by atoms with Crippen molar-refractivity contribution in [3.63, 3.8) is 0 Å². The van der Waals surface area contributed by atoms with Gasteiger partial charge in [0.05, 0.1) is 25.2 Å². The van der Waals surface area contributed by atoms with Crippen molar-refractivity contribution in [1.29, 1.82) is 0 Å². The highest BCUT2D eigenvalue weighted by Gasteiger charge is 2.24. The zero-order chi connectivity index (χ0) is 48.1. The quantitative estimate of drug-likeness (QED) is 0.0244. The lowest BCUT2D eigenvalue weighted by Crippen LogP contribution is -2.46. The molecule has 0 spiro atoms. The highest BCUT2D eigenvalue weighted by atomic mass is 16.5. The van der Waals surface area contributed by atoms with Crippen molar-refractivity contribution in [1.82, 2.24) is 5.32 Å². The van der Waals surface area contributed by atoms with Gasteiger partial charge >= 0.3 is 5.97 Å². The van der Waals surface area contributed by atoms with Crippen LogP contribution in [0.1, 0.15) is 284 Å². The number of hydrogen-bond acceptors (Lipinski definition) is 5. The minimum Gasteiger partial charge on any atom is -0.462 e. The molecule has 6 heteroatoms. The molecule has 0 aliphatic rings. The largest absolute Gasteiger partial charge is 0.462 e. The van der Waals surface area contributed by atoms with Crippen LogP contribution in [0.3, 0.4) is 0 Å². The lowest BCUT2D eigenvalue weighted by Gasteiger charge is -2.24. The van der Waals surface area contributed by atoms with Crippen LogP contribution in [0.25, 0.3) is 0 Å². The molecule has 0 aliphatic carbocycles. The number of carbonyl (C=O) groups excluding carboxylic acids is 2. The second-order valence-corrected chi connectivity index (χ2v) is 19.4. The van der Waals surface area contributed by atoms with Gasteiger partial charge < -0.3 is 20.3 Å². The van der Waals surface area contributed by atoms with E-state index >= 15 is 0 Å². The van der Waals surface area contributed by atoms with Gasteiger partial charge in [0.1, 0.15) is 6.10 Å². The third kappa shape index (κ3) is 48.0. The Morgan fingerprint density at radius 3 is 1.30 bits per heavy atom. The average molecular weight is 925 g/mol. The second kappa shape index (κ2) is 53.5. The predicted molar refractivity (Wildman–Crippen MR) is 287 cm³/mol. The fourth-order valence-corrected chi connectivity index (χ4v) is 8.49. The van der Waals surface area contributed by atoms with Crippen molar-refractivity contribution >= 4 is 11.9 Å². The van der Waals surface area contributed by atoms with Crippen LogP contribution in [-0.4, -0.2) is 46.9 Å². The van der Waals surface area contributed by atoms with Crippen molar-refractivity contribution in [3.8, 4) is 0 Å². The van der Waals surface area contributed by atoms with E-state index in [1.807, 2.05) is 0 Å². The van der Waals surface area contributed by atoms with Crippen LogP contribution in [0.5, 0.6) is 0 Å². The van der Waals surface area contributed by atoms with E-state index in [1.165, 1.54) is 154 Å². The SMILES string of the molecule is CCCCC/C=C\C/C=C\C/C=C\CCCCC(CC(=O)NC(CO)C(O)CCCCCCCCCCCCCCCCCC)OC(=O)CCCCC/C=C/C=C/CCCCCCCCC. The van der Waals surface area contributed by atoms with Gasteiger partial charge in [-0.3, -0.25) is 9.59 Å². The average Bonchev–Trinajstić information content (AvgIpc) is 3.31. The van der Waals surface area contributed by atoms with Crippen molar-refractivity contribution in [2.75, 3.05) is 6.61 Å². The molecule has 0 aromatic rings. The summed E-state index contributed by atoms with van der Waals surface area (Å²) >= 11 is 0. The number of ether oxygens (including phenoxy) is 1. The first-order chi connectivity index (χ1) is 32.5. The highest BCUT2D eigenvalue weighted by molar-refractivity contribution is 5.77. The summed E-state index contributed by atoms with van der Waals surface area (Å²) in [4.78, 5) is 26.2. The summed E-state index contributed by atoms with van der Waals surface area (Å²) < 4.78 is 5.92. The number of esters is 1. The van der Waals surface area contributed by atoms with Gasteiger partial charge in [-0.2, -0.15) is 0 Å². The Morgan fingerprint density at radius 2 is 0.818 bits per heavy atom. The van der Waals surface area contributed by atoms with Gasteiger partial charge in [0.2, 0.25) is 5.91 Å². The van der Waals surface area contributed by atoms with E-state index in [0.717, 1.165) is 83.5 Å². The minimum atomic E-state index is -0.805. The number of nitrogens with one attached hydrogen (secondary N) is 1. The van der Waals surface area contributed by atoms with E-state index in [0.29, 0.717) is 19.3 Å². The molecule has 0 aliphatic heterocycles. The lowest BCUT2D eigenvalue weighted by molar-refractivity contribution is -0.151. The molecule has 0 bridgehead atoms. The Kier molecular flexibility index (Phi) is 51.5. The van der Waals surface area contributed by atoms with Crippen LogP contribution < -0.4 is 5.32 Å². The maximum absolute atomic E-state index is 13.3. The molecule has 0 saturated heterocycles. The maximum atomic E-state index is 13.3. The zero-order valence-corrected chi connectivity index (χ0v) is 43.8. The van der Waals surface area contributed by atoms with E-state index < -0.39 is 18.2 Å². The van der Waals surface area contributed by atoms with Gasteiger partial charge in [-0.05, 0) is 89.9 Å². The molecule has 1 amide bonds. The Hall–Kier alpha value is -2.44. The molecule has 3 unspecified atom stereocenters. The molecule has 0 heterocycles. The fourth-order valence-electron chi connectivity index (χ4n) is 8.49. The molecule has 0 aromatic heterocycles. The summed E-state index contributed by atoms with van der Waals surface area (Å²) in [7, 11) is 0. The number of aliphatic hydroxyl groups is 2. The summed E-state index contributed by atoms with van der Waals surface area (Å²) in [6.07, 6.45) is 67.1. The summed E-state index contributed by atoms with van der Waals surface area (Å²) in [5.74, 6) is -0.537. The van der Waals surface area contributed by atoms with E-state index in [4.69, 9.17) is 4.74 Å². The third-order valence-electron chi connectivity index (χ3n) is 12.8. The molecule has 0 saturated carbocycles. The number of rotatable bonds is 51. The Labute approximate surface area is 409 Å². The molecule has 3 atom stereocenters. The van der Waals surface area contributed by atoms with E-state index in [2.05, 4.69) is 86.8 Å². The van der Waals surface area contributed by atoms with Crippen LogP contribution >= 0.6 is 0 Å². The van der Waals surface area contributed by atoms with E-state index in [9.17, 15) is 19.8 Å². The number of aliphatic hydroxyl groups excluding tert-OH is 2. The van der Waals surface area contributed by atoms with Crippen molar-refractivity contribution in [3.05, 3.63) is 60.8 Å². The van der Waals surface area contributed by atoms with Gasteiger partial charge in [-0.25, -0.2) is 0 Å². The van der Waals surface area contributed by atoms with Crippen molar-refractivity contribution in [2.24, 2.45) is 0 Å². The maximum Gasteiger partial charge on any atom is 0.306 e. The first-order valence-electron chi connectivity index (χ1n) is 28.5. The Morgan fingerprint density at radius 1 is 0.455 bits per heavy atom. The summed E-state index contributed by atoms with van der Waals surface area (Å²) in [5, 5.41) is 23.9. The molecular weight excluding hydrogens is 815 g/mol. The van der Waals surface area contributed by atoms with Gasteiger partial charge in [-0.1, -0.05) is 242 Å².